The molecule has 5 aromatic rings. The molecule has 0 nitrogen and oxygen atoms in total. The van der Waals surface area contributed by atoms with E-state index in [1.807, 2.05) is 72.8 Å². The zero-order valence-electron chi connectivity index (χ0n) is 24.3. The third kappa shape index (κ3) is 17.5. The topological polar surface area (TPSA) is 0 Å². The van der Waals surface area contributed by atoms with Crippen LogP contribution in [0, 0.1) is 27.7 Å². The maximum atomic E-state index is 2.21. The van der Waals surface area contributed by atoms with Crippen LogP contribution in [0.4, 0.5) is 0 Å². The molecule has 5 rings (SSSR count). The normalized spacial score (nSPS) is 9.00. The first-order valence-electron chi connectivity index (χ1n) is 13.6. The minimum Gasteiger partial charge on any atom is -0.0622 e. The van der Waals surface area contributed by atoms with E-state index in [9.17, 15) is 0 Å². The van der Waals surface area contributed by atoms with Gasteiger partial charge in [0.25, 0.3) is 0 Å². The van der Waals surface area contributed by atoms with E-state index in [1.165, 1.54) is 33.4 Å². The zero-order chi connectivity index (χ0) is 27.8. The number of aryl methyl sites for hydroxylation is 6. The average Bonchev–Trinajstić information content (AvgIpc) is 2.96. The van der Waals surface area contributed by atoms with Crippen LogP contribution in [0.25, 0.3) is 0 Å². The van der Waals surface area contributed by atoms with Gasteiger partial charge in [0.1, 0.15) is 0 Å². The van der Waals surface area contributed by atoms with Crippen molar-refractivity contribution in [1.29, 1.82) is 0 Å². The number of hydrogen-bond acceptors (Lipinski definition) is 0. The molecule has 0 amide bonds. The van der Waals surface area contributed by atoms with Crippen LogP contribution in [-0.4, -0.2) is 0 Å². The summed E-state index contributed by atoms with van der Waals surface area (Å²) in [5, 5.41) is 0. The van der Waals surface area contributed by atoms with Crippen molar-refractivity contribution in [2.45, 2.75) is 54.4 Å². The highest BCUT2D eigenvalue weighted by atomic mass is 13.9. The predicted molar refractivity (Wildman–Crippen MR) is 170 cm³/mol. The van der Waals surface area contributed by atoms with Gasteiger partial charge in [0.2, 0.25) is 0 Å². The van der Waals surface area contributed by atoms with Gasteiger partial charge < -0.3 is 0 Å². The fourth-order valence-electron chi connectivity index (χ4n) is 3.15. The van der Waals surface area contributed by atoms with Crippen LogP contribution in [0.15, 0.2) is 146 Å². The van der Waals surface area contributed by atoms with E-state index >= 15 is 0 Å². The van der Waals surface area contributed by atoms with Crippen molar-refractivity contribution >= 4 is 0 Å². The highest BCUT2D eigenvalue weighted by Crippen LogP contribution is 2.04. The second-order valence-electron chi connectivity index (χ2n) is 9.14. The van der Waals surface area contributed by atoms with Crippen LogP contribution < -0.4 is 0 Å². The Bertz CT molecular complexity index is 988. The predicted octanol–water partition coefficient (Wildman–Crippen LogP) is 10.8. The van der Waals surface area contributed by atoms with Crippen molar-refractivity contribution in [2.75, 3.05) is 0 Å². The van der Waals surface area contributed by atoms with Gasteiger partial charge in [0, 0.05) is 0 Å². The largest absolute Gasteiger partial charge is 0.0622 e. The summed E-state index contributed by atoms with van der Waals surface area (Å²) < 4.78 is 0. The van der Waals surface area contributed by atoms with Gasteiger partial charge in [-0.15, -0.1) is 0 Å². The molecule has 0 aliphatic heterocycles. The number of rotatable bonds is 2. The van der Waals surface area contributed by atoms with Gasteiger partial charge in [-0.1, -0.05) is 182 Å². The van der Waals surface area contributed by atoms with Gasteiger partial charge in [-0.2, -0.15) is 0 Å². The van der Waals surface area contributed by atoms with Gasteiger partial charge in [0.05, 0.1) is 0 Å². The van der Waals surface area contributed by atoms with E-state index in [2.05, 4.69) is 114 Å². The fourth-order valence-corrected chi connectivity index (χ4v) is 3.15. The third-order valence-electron chi connectivity index (χ3n) is 5.60. The van der Waals surface area contributed by atoms with Crippen LogP contribution >= 0.6 is 0 Å². The molecule has 5 aromatic carbocycles. The smallest absolute Gasteiger partial charge is 0.0307 e. The van der Waals surface area contributed by atoms with E-state index in [0.29, 0.717) is 0 Å². The molecule has 0 saturated carbocycles. The fraction of sp³-hybridized carbons (Fsp3) is 0.211. The lowest BCUT2D eigenvalue weighted by molar-refractivity contribution is 1.10. The Hall–Kier alpha value is -3.90. The van der Waals surface area contributed by atoms with E-state index in [0.717, 1.165) is 12.8 Å². The highest BCUT2D eigenvalue weighted by molar-refractivity contribution is 5.22. The molecule has 0 aliphatic rings. The van der Waals surface area contributed by atoms with Gasteiger partial charge in [-0.3, -0.25) is 0 Å². The second-order valence-corrected chi connectivity index (χ2v) is 9.14. The molecule has 0 unspecified atom stereocenters. The molecule has 0 heterocycles. The van der Waals surface area contributed by atoms with E-state index < -0.39 is 0 Å². The van der Waals surface area contributed by atoms with Crippen LogP contribution in [0.5, 0.6) is 0 Å². The molecule has 0 aromatic heterocycles. The van der Waals surface area contributed by atoms with Gasteiger partial charge in [0.15, 0.2) is 0 Å². The van der Waals surface area contributed by atoms with Crippen molar-refractivity contribution in [3.63, 3.8) is 0 Å². The average molecular weight is 503 g/mol. The quantitative estimate of drug-likeness (QED) is 0.225. The lowest BCUT2D eigenvalue weighted by Gasteiger charge is -1.97. The Labute approximate surface area is 233 Å². The standard InChI is InChI=1S/C10H14.4C7H8/c1-3-9-5-7-10(4-2)8-6-9;4*1-7-5-3-2-4-6-7/h5-8H,3-4H2,1-2H3;4*2-6H,1H3. The molecule has 0 bridgehead atoms. The molecule has 0 atom stereocenters. The molecule has 0 aliphatic carbocycles. The summed E-state index contributed by atoms with van der Waals surface area (Å²) in [7, 11) is 0. The molecule has 0 saturated heterocycles. The monoisotopic (exact) mass is 502 g/mol. The molecule has 0 radical (unpaired) electrons. The summed E-state index contributed by atoms with van der Waals surface area (Å²) in [4.78, 5) is 0. The number of benzene rings is 5. The summed E-state index contributed by atoms with van der Waals surface area (Å²) in [6.07, 6.45) is 2.29. The van der Waals surface area contributed by atoms with Gasteiger partial charge >= 0.3 is 0 Å². The van der Waals surface area contributed by atoms with E-state index in [-0.39, 0.29) is 0 Å². The highest BCUT2D eigenvalue weighted by Gasteiger charge is 1.88. The summed E-state index contributed by atoms with van der Waals surface area (Å²) in [5.41, 5.74) is 8.14. The minimum atomic E-state index is 1.14. The van der Waals surface area contributed by atoms with Gasteiger partial charge in [-0.25, -0.2) is 0 Å². The lowest BCUT2D eigenvalue weighted by Crippen LogP contribution is -1.81. The molecule has 0 heteroatoms. The number of hydrogen-bond donors (Lipinski definition) is 0. The molecule has 0 fully saturated rings. The first kappa shape index (κ1) is 32.1. The Morgan fingerprint density at radius 1 is 0.289 bits per heavy atom. The van der Waals surface area contributed by atoms with Crippen molar-refractivity contribution in [3.8, 4) is 0 Å². The summed E-state index contributed by atoms with van der Waals surface area (Å²) in [6.45, 7) is 12.7. The molecular weight excluding hydrogens is 456 g/mol. The molecule has 198 valence electrons. The van der Waals surface area contributed by atoms with E-state index in [1.54, 1.807) is 0 Å². The van der Waals surface area contributed by atoms with Crippen molar-refractivity contribution in [2.24, 2.45) is 0 Å². The maximum absolute atomic E-state index is 2.21. The van der Waals surface area contributed by atoms with Crippen LogP contribution in [0.1, 0.15) is 47.2 Å². The minimum absolute atomic E-state index is 1.14. The molecule has 38 heavy (non-hydrogen) atoms. The summed E-state index contributed by atoms with van der Waals surface area (Å²) >= 11 is 0. The molecular formula is C38H46. The Morgan fingerprint density at radius 2 is 0.474 bits per heavy atom. The Kier molecular flexibility index (Phi) is 17.9. The Balaban J connectivity index is 0.000000239. The van der Waals surface area contributed by atoms with Gasteiger partial charge in [-0.05, 0) is 51.7 Å². The summed E-state index contributed by atoms with van der Waals surface area (Å²) in [5.74, 6) is 0. The van der Waals surface area contributed by atoms with Crippen molar-refractivity contribution < 1.29 is 0 Å². The Morgan fingerprint density at radius 3 is 0.579 bits per heavy atom. The van der Waals surface area contributed by atoms with Crippen LogP contribution in [0.3, 0.4) is 0 Å². The van der Waals surface area contributed by atoms with E-state index in [4.69, 9.17) is 0 Å². The maximum Gasteiger partial charge on any atom is -0.0307 e. The molecule has 0 N–H and O–H groups in total. The first-order chi connectivity index (χ1) is 18.4. The van der Waals surface area contributed by atoms with Crippen molar-refractivity contribution in [1.82, 2.24) is 0 Å². The third-order valence-corrected chi connectivity index (χ3v) is 5.60. The zero-order valence-corrected chi connectivity index (χ0v) is 24.3. The molecule has 0 spiro atoms. The van der Waals surface area contributed by atoms with Crippen LogP contribution in [0.2, 0.25) is 0 Å². The second kappa shape index (κ2) is 21.2. The van der Waals surface area contributed by atoms with Crippen molar-refractivity contribution in [3.05, 3.63) is 179 Å². The SMILES string of the molecule is CCc1ccc(CC)cc1.Cc1ccccc1.Cc1ccccc1.Cc1ccccc1.Cc1ccccc1. The summed E-state index contributed by atoms with van der Waals surface area (Å²) in [6, 6.07) is 49.9. The first-order valence-corrected chi connectivity index (χ1v) is 13.6. The van der Waals surface area contributed by atoms with Crippen LogP contribution in [-0.2, 0) is 12.8 Å². The lowest BCUT2D eigenvalue weighted by atomic mass is 10.1.